The maximum atomic E-state index is 12.8. The Bertz CT molecular complexity index is 1090. The van der Waals surface area contributed by atoms with Crippen LogP contribution >= 0.6 is 0 Å². The van der Waals surface area contributed by atoms with Crippen molar-refractivity contribution < 1.29 is 33.8 Å². The van der Waals surface area contributed by atoms with E-state index in [0.29, 0.717) is 35.7 Å². The summed E-state index contributed by atoms with van der Waals surface area (Å²) >= 11 is 0. The molecule has 0 aromatic heterocycles. The van der Waals surface area contributed by atoms with Crippen LogP contribution in [0.15, 0.2) is 48.5 Å². The molecule has 0 atom stereocenters. The second-order valence-electron chi connectivity index (χ2n) is 10.1. The Labute approximate surface area is 229 Å². The molecule has 0 aliphatic heterocycles. The minimum absolute atomic E-state index is 0.0672. The van der Waals surface area contributed by atoms with Gasteiger partial charge in [0.05, 0.1) is 11.4 Å². The molecule has 3 amide bonds. The summed E-state index contributed by atoms with van der Waals surface area (Å²) in [6, 6.07) is 13.2. The fourth-order valence-corrected chi connectivity index (χ4v) is 3.56. The van der Waals surface area contributed by atoms with Crippen molar-refractivity contribution in [3.05, 3.63) is 54.1 Å². The monoisotopic (exact) mass is 541 g/mol. The number of benzene rings is 2. The van der Waals surface area contributed by atoms with Crippen LogP contribution in [0.25, 0.3) is 0 Å². The molecule has 0 radical (unpaired) electrons. The van der Waals surface area contributed by atoms with Crippen LogP contribution in [0, 0.1) is 0 Å². The van der Waals surface area contributed by atoms with Gasteiger partial charge in [-0.1, -0.05) is 37.8 Å². The van der Waals surface area contributed by atoms with Crippen molar-refractivity contribution in [3.8, 4) is 0 Å². The molecule has 2 aromatic rings. The van der Waals surface area contributed by atoms with Gasteiger partial charge < -0.3 is 25.2 Å². The molecule has 0 aliphatic rings. The first-order chi connectivity index (χ1) is 18.5. The molecule has 212 valence electrons. The molecule has 0 fully saturated rings. The quantitative estimate of drug-likeness (QED) is 0.201. The molecule has 10 nitrogen and oxygen atoms in total. The third-order valence-electron chi connectivity index (χ3n) is 5.40. The number of para-hydroxylation sites is 2. The Morgan fingerprint density at radius 3 is 1.97 bits per heavy atom. The maximum absolute atomic E-state index is 12.8. The van der Waals surface area contributed by atoms with Crippen LogP contribution in [0.1, 0.15) is 76.1 Å². The zero-order chi connectivity index (χ0) is 28.7. The Morgan fingerprint density at radius 2 is 1.36 bits per heavy atom. The van der Waals surface area contributed by atoms with Gasteiger partial charge in [0.2, 0.25) is 5.91 Å². The summed E-state index contributed by atoms with van der Waals surface area (Å²) in [5, 5.41) is 16.8. The Kier molecular flexibility index (Phi) is 12.9. The normalized spacial score (nSPS) is 10.9. The van der Waals surface area contributed by atoms with Gasteiger partial charge in [-0.2, -0.15) is 0 Å². The number of anilines is 3. The first-order valence-corrected chi connectivity index (χ1v) is 13.1. The molecular weight excluding hydrogens is 502 g/mol. The fraction of sp³-hybridized carbons (Fsp3) is 0.448. The van der Waals surface area contributed by atoms with E-state index in [1.807, 2.05) is 0 Å². The van der Waals surface area contributed by atoms with E-state index in [2.05, 4.69) is 16.0 Å². The van der Waals surface area contributed by atoms with Gasteiger partial charge in [-0.25, -0.2) is 4.79 Å². The minimum Gasteiger partial charge on any atom is -0.481 e. The molecule has 2 rings (SSSR count). The van der Waals surface area contributed by atoms with E-state index in [4.69, 9.17) is 14.6 Å². The first kappa shape index (κ1) is 31.3. The van der Waals surface area contributed by atoms with Crippen molar-refractivity contribution in [2.24, 2.45) is 0 Å². The molecule has 0 spiro atoms. The van der Waals surface area contributed by atoms with Crippen LogP contribution in [0.3, 0.4) is 0 Å². The van der Waals surface area contributed by atoms with E-state index in [1.54, 1.807) is 69.3 Å². The topological polar surface area (TPSA) is 143 Å². The summed E-state index contributed by atoms with van der Waals surface area (Å²) in [4.78, 5) is 47.5. The number of hydrogen-bond acceptors (Lipinski definition) is 6. The van der Waals surface area contributed by atoms with Gasteiger partial charge in [0.15, 0.2) is 0 Å². The number of aliphatic carboxylic acids is 1. The highest BCUT2D eigenvalue weighted by molar-refractivity contribution is 6.07. The van der Waals surface area contributed by atoms with Crippen molar-refractivity contribution >= 4 is 40.9 Å². The second kappa shape index (κ2) is 16.1. The second-order valence-corrected chi connectivity index (χ2v) is 10.1. The fourth-order valence-electron chi connectivity index (χ4n) is 3.56. The number of amides is 3. The molecule has 0 saturated carbocycles. The molecule has 0 aliphatic carbocycles. The molecule has 0 bridgehead atoms. The zero-order valence-corrected chi connectivity index (χ0v) is 22.9. The van der Waals surface area contributed by atoms with Crippen LogP contribution in [-0.2, 0) is 19.1 Å². The van der Waals surface area contributed by atoms with Crippen molar-refractivity contribution in [2.45, 2.75) is 71.3 Å². The van der Waals surface area contributed by atoms with E-state index in [0.717, 1.165) is 32.1 Å². The number of unbranched alkanes of at least 4 members (excludes halogenated alkanes) is 5. The number of nitrogens with one attached hydrogen (secondary N) is 3. The third kappa shape index (κ3) is 13.4. The van der Waals surface area contributed by atoms with Gasteiger partial charge in [-0.05, 0) is 70.0 Å². The number of ether oxygens (including phenoxy) is 2. The van der Waals surface area contributed by atoms with E-state index >= 15 is 0 Å². The van der Waals surface area contributed by atoms with Crippen LogP contribution < -0.4 is 16.0 Å². The number of carbonyl (C=O) groups is 4. The molecule has 0 saturated heterocycles. The number of hydrogen-bond donors (Lipinski definition) is 4. The Hall–Kier alpha value is -3.92. The van der Waals surface area contributed by atoms with Gasteiger partial charge in [-0.3, -0.25) is 19.7 Å². The number of carboxylic acid groups (broad SMARTS) is 1. The summed E-state index contributed by atoms with van der Waals surface area (Å²) in [5.74, 6) is -1.42. The van der Waals surface area contributed by atoms with Crippen molar-refractivity contribution in [1.82, 2.24) is 0 Å². The number of carbonyl (C=O) groups excluding carboxylic acids is 3. The summed E-state index contributed by atoms with van der Waals surface area (Å²) in [6.45, 7) is 5.70. The molecule has 10 heteroatoms. The summed E-state index contributed by atoms with van der Waals surface area (Å²) in [7, 11) is 0. The lowest BCUT2D eigenvalue weighted by molar-refractivity contribution is -0.137. The molecule has 0 heterocycles. The Balaban J connectivity index is 1.72. The molecule has 4 N–H and O–H groups in total. The van der Waals surface area contributed by atoms with Gasteiger partial charge in [0.25, 0.3) is 5.91 Å². The van der Waals surface area contributed by atoms with Gasteiger partial charge in [-0.15, -0.1) is 0 Å². The standard InChI is InChI=1S/C29H39N3O7/c1-29(2,3)39-28(37)32-24-13-10-9-12-23(24)31-27(36)21-15-17-22(18-16-21)30-25(33)20-38-19-11-7-5-4-6-8-14-26(34)35/h9-10,12-13,15-18H,4-8,11,14,19-20H2,1-3H3,(H,30,33)(H,31,36)(H,32,37)(H,34,35). The summed E-state index contributed by atoms with van der Waals surface area (Å²) < 4.78 is 10.7. The first-order valence-electron chi connectivity index (χ1n) is 13.1. The van der Waals surface area contributed by atoms with Crippen LogP contribution in [0.2, 0.25) is 0 Å². The number of rotatable bonds is 15. The van der Waals surface area contributed by atoms with Crippen molar-refractivity contribution in [3.63, 3.8) is 0 Å². The van der Waals surface area contributed by atoms with E-state index in [1.165, 1.54) is 0 Å². The smallest absolute Gasteiger partial charge is 0.412 e. The lowest BCUT2D eigenvalue weighted by Gasteiger charge is -2.20. The van der Waals surface area contributed by atoms with Crippen LogP contribution in [0.4, 0.5) is 21.9 Å². The number of carboxylic acids is 1. The van der Waals surface area contributed by atoms with E-state index in [9.17, 15) is 19.2 Å². The van der Waals surface area contributed by atoms with Gasteiger partial charge in [0.1, 0.15) is 12.2 Å². The molecule has 0 unspecified atom stereocenters. The molecule has 39 heavy (non-hydrogen) atoms. The summed E-state index contributed by atoms with van der Waals surface area (Å²) in [6.07, 6.45) is 5.04. The highest BCUT2D eigenvalue weighted by Gasteiger charge is 2.18. The highest BCUT2D eigenvalue weighted by Crippen LogP contribution is 2.23. The lowest BCUT2D eigenvalue weighted by Crippen LogP contribution is -2.27. The molecular formula is C29H39N3O7. The SMILES string of the molecule is CC(C)(C)OC(=O)Nc1ccccc1NC(=O)c1ccc(NC(=O)COCCCCCCCCC(=O)O)cc1. The average Bonchev–Trinajstić information content (AvgIpc) is 2.85. The maximum Gasteiger partial charge on any atom is 0.412 e. The summed E-state index contributed by atoms with van der Waals surface area (Å²) in [5.41, 5.74) is 1.08. The van der Waals surface area contributed by atoms with Gasteiger partial charge in [0, 0.05) is 24.3 Å². The highest BCUT2D eigenvalue weighted by atomic mass is 16.6. The van der Waals surface area contributed by atoms with Crippen LogP contribution in [0.5, 0.6) is 0 Å². The largest absolute Gasteiger partial charge is 0.481 e. The van der Waals surface area contributed by atoms with Crippen LogP contribution in [-0.4, -0.2) is 47.8 Å². The van der Waals surface area contributed by atoms with Crippen molar-refractivity contribution in [1.29, 1.82) is 0 Å². The van der Waals surface area contributed by atoms with Crippen molar-refractivity contribution in [2.75, 3.05) is 29.2 Å². The van der Waals surface area contributed by atoms with E-state index < -0.39 is 17.7 Å². The lowest BCUT2D eigenvalue weighted by atomic mass is 10.1. The zero-order valence-electron chi connectivity index (χ0n) is 22.9. The molecule has 2 aromatic carbocycles. The minimum atomic E-state index is -0.754. The average molecular weight is 542 g/mol. The predicted molar refractivity (Wildman–Crippen MR) is 150 cm³/mol. The van der Waals surface area contributed by atoms with Gasteiger partial charge >= 0.3 is 12.1 Å². The predicted octanol–water partition coefficient (Wildman–Crippen LogP) is 6.06. The van der Waals surface area contributed by atoms with E-state index in [-0.39, 0.29) is 24.8 Å². The Morgan fingerprint density at radius 1 is 0.769 bits per heavy atom. The third-order valence-corrected chi connectivity index (χ3v) is 5.40.